The van der Waals surface area contributed by atoms with E-state index < -0.39 is 5.54 Å². The highest BCUT2D eigenvalue weighted by Gasteiger charge is 2.18. The molecule has 1 rings (SSSR count). The van der Waals surface area contributed by atoms with Gasteiger partial charge in [0.15, 0.2) is 0 Å². The molecule has 0 spiro atoms. The minimum absolute atomic E-state index is 0.273. The van der Waals surface area contributed by atoms with E-state index in [1.54, 1.807) is 12.1 Å². The summed E-state index contributed by atoms with van der Waals surface area (Å²) in [5.74, 6) is -0.273. The van der Waals surface area contributed by atoms with Crippen LogP contribution >= 0.6 is 0 Å². The number of carbonyl (C=O) groups is 1. The van der Waals surface area contributed by atoms with Crippen LogP contribution in [0, 0.1) is 5.82 Å². The lowest BCUT2D eigenvalue weighted by molar-refractivity contribution is -0.111. The Morgan fingerprint density at radius 3 is 2.31 bits per heavy atom. The second-order valence-corrected chi connectivity index (χ2v) is 3.39. The summed E-state index contributed by atoms with van der Waals surface area (Å²) < 4.78 is 12.6. The van der Waals surface area contributed by atoms with Crippen molar-refractivity contribution in [3.05, 3.63) is 35.6 Å². The number of rotatable bonds is 3. The van der Waals surface area contributed by atoms with E-state index in [1.807, 2.05) is 13.8 Å². The van der Waals surface area contributed by atoms with Crippen LogP contribution in [0.2, 0.25) is 0 Å². The van der Waals surface area contributed by atoms with Gasteiger partial charge in [-0.3, -0.25) is 4.79 Å². The Bertz CT molecular complexity index is 292. The number of nitrogens with one attached hydrogen (secondary N) is 1. The molecule has 0 saturated carbocycles. The number of halogens is 1. The third-order valence-corrected chi connectivity index (χ3v) is 1.99. The molecule has 0 heterocycles. The number of hydrogen-bond donors (Lipinski definition) is 1. The number of benzene rings is 1. The van der Waals surface area contributed by atoms with Gasteiger partial charge in [-0.05, 0) is 31.5 Å². The summed E-state index contributed by atoms with van der Waals surface area (Å²) >= 11 is 0. The molecule has 0 aliphatic heterocycles. The van der Waals surface area contributed by atoms with E-state index in [1.165, 1.54) is 12.1 Å². The largest absolute Gasteiger partial charge is 0.350 e. The predicted molar refractivity (Wildman–Crippen MR) is 48.6 cm³/mol. The van der Waals surface area contributed by atoms with Crippen molar-refractivity contribution in [3.63, 3.8) is 0 Å². The van der Waals surface area contributed by atoms with Gasteiger partial charge in [0.2, 0.25) is 6.41 Å². The maximum atomic E-state index is 12.6. The van der Waals surface area contributed by atoms with E-state index in [9.17, 15) is 9.18 Å². The third kappa shape index (κ3) is 2.28. The van der Waals surface area contributed by atoms with Gasteiger partial charge in [-0.15, -0.1) is 0 Å². The Labute approximate surface area is 76.8 Å². The minimum Gasteiger partial charge on any atom is -0.350 e. The van der Waals surface area contributed by atoms with Crippen LogP contribution < -0.4 is 5.32 Å². The third-order valence-electron chi connectivity index (χ3n) is 1.99. The summed E-state index contributed by atoms with van der Waals surface area (Å²) in [5.41, 5.74) is 0.427. The first-order chi connectivity index (χ1) is 6.06. The molecular formula is C10H12FNO. The van der Waals surface area contributed by atoms with Gasteiger partial charge in [-0.1, -0.05) is 12.1 Å². The van der Waals surface area contributed by atoms with Crippen LogP contribution in [-0.2, 0) is 10.3 Å². The summed E-state index contributed by atoms with van der Waals surface area (Å²) in [6.45, 7) is 3.71. The van der Waals surface area contributed by atoms with E-state index in [2.05, 4.69) is 5.32 Å². The van der Waals surface area contributed by atoms with Crippen molar-refractivity contribution in [1.29, 1.82) is 0 Å². The number of amides is 1. The second-order valence-electron chi connectivity index (χ2n) is 3.39. The Kier molecular flexibility index (Phi) is 2.66. The highest BCUT2D eigenvalue weighted by atomic mass is 19.1. The molecule has 1 aromatic rings. The van der Waals surface area contributed by atoms with E-state index in [-0.39, 0.29) is 5.82 Å². The standard InChI is InChI=1S/C10H12FNO/c1-10(2,12-7-13)8-3-5-9(11)6-4-8/h3-7H,1-2H3,(H,12,13). The Morgan fingerprint density at radius 2 is 1.85 bits per heavy atom. The highest BCUT2D eigenvalue weighted by Crippen LogP contribution is 2.19. The molecule has 0 aliphatic carbocycles. The highest BCUT2D eigenvalue weighted by molar-refractivity contribution is 5.49. The van der Waals surface area contributed by atoms with Gasteiger partial charge in [-0.2, -0.15) is 0 Å². The van der Waals surface area contributed by atoms with Crippen molar-refractivity contribution >= 4 is 6.41 Å². The topological polar surface area (TPSA) is 29.1 Å². The lowest BCUT2D eigenvalue weighted by atomic mass is 9.95. The molecule has 0 radical (unpaired) electrons. The van der Waals surface area contributed by atoms with Gasteiger partial charge in [0.1, 0.15) is 5.82 Å². The molecule has 0 fully saturated rings. The smallest absolute Gasteiger partial charge is 0.207 e. The summed E-state index contributed by atoms with van der Waals surface area (Å²) in [6.07, 6.45) is 0.642. The molecule has 0 aliphatic rings. The van der Waals surface area contributed by atoms with Crippen molar-refractivity contribution in [2.45, 2.75) is 19.4 Å². The molecule has 70 valence electrons. The first kappa shape index (κ1) is 9.71. The lowest BCUT2D eigenvalue weighted by Gasteiger charge is -2.24. The zero-order valence-corrected chi connectivity index (χ0v) is 7.67. The quantitative estimate of drug-likeness (QED) is 0.708. The van der Waals surface area contributed by atoms with E-state index >= 15 is 0 Å². The number of carbonyl (C=O) groups excluding carboxylic acids is 1. The molecule has 0 saturated heterocycles. The number of hydrogen-bond acceptors (Lipinski definition) is 1. The molecule has 1 aromatic carbocycles. The van der Waals surface area contributed by atoms with E-state index in [4.69, 9.17) is 0 Å². The van der Waals surface area contributed by atoms with Crippen molar-refractivity contribution < 1.29 is 9.18 Å². The molecule has 1 amide bonds. The summed E-state index contributed by atoms with van der Waals surface area (Å²) in [4.78, 5) is 10.3. The van der Waals surface area contributed by atoms with E-state index in [0.29, 0.717) is 6.41 Å². The first-order valence-corrected chi connectivity index (χ1v) is 4.03. The molecule has 0 bridgehead atoms. The van der Waals surface area contributed by atoms with Crippen LogP contribution in [0.1, 0.15) is 19.4 Å². The van der Waals surface area contributed by atoms with Crippen LogP contribution in [0.25, 0.3) is 0 Å². The second kappa shape index (κ2) is 3.56. The monoisotopic (exact) mass is 181 g/mol. The summed E-state index contributed by atoms with van der Waals surface area (Å²) in [7, 11) is 0. The normalized spacial score (nSPS) is 11.0. The molecule has 0 aromatic heterocycles. The maximum Gasteiger partial charge on any atom is 0.207 e. The van der Waals surface area contributed by atoms with Gasteiger partial charge >= 0.3 is 0 Å². The summed E-state index contributed by atoms with van der Waals surface area (Å²) in [6, 6.07) is 6.07. The van der Waals surface area contributed by atoms with Crippen LogP contribution in [0.5, 0.6) is 0 Å². The zero-order chi connectivity index (χ0) is 9.90. The molecule has 0 atom stereocenters. The predicted octanol–water partition coefficient (Wildman–Crippen LogP) is 1.81. The molecule has 0 unspecified atom stereocenters. The van der Waals surface area contributed by atoms with Crippen molar-refractivity contribution in [3.8, 4) is 0 Å². The fraction of sp³-hybridized carbons (Fsp3) is 0.300. The van der Waals surface area contributed by atoms with Crippen LogP contribution in [0.4, 0.5) is 4.39 Å². The lowest BCUT2D eigenvalue weighted by Crippen LogP contribution is -2.35. The fourth-order valence-electron chi connectivity index (χ4n) is 1.10. The Morgan fingerprint density at radius 1 is 1.31 bits per heavy atom. The van der Waals surface area contributed by atoms with Crippen molar-refractivity contribution in [1.82, 2.24) is 5.32 Å². The van der Waals surface area contributed by atoms with Gasteiger partial charge in [0.05, 0.1) is 5.54 Å². The fourth-order valence-corrected chi connectivity index (χ4v) is 1.10. The summed E-state index contributed by atoms with van der Waals surface area (Å²) in [5, 5.41) is 2.65. The van der Waals surface area contributed by atoms with Crippen LogP contribution in [-0.4, -0.2) is 6.41 Å². The first-order valence-electron chi connectivity index (χ1n) is 4.03. The molecule has 2 nitrogen and oxygen atoms in total. The van der Waals surface area contributed by atoms with Gasteiger partial charge in [0, 0.05) is 0 Å². The molecule has 1 N–H and O–H groups in total. The molecular weight excluding hydrogens is 169 g/mol. The van der Waals surface area contributed by atoms with Crippen LogP contribution in [0.15, 0.2) is 24.3 Å². The zero-order valence-electron chi connectivity index (χ0n) is 7.67. The molecule has 13 heavy (non-hydrogen) atoms. The van der Waals surface area contributed by atoms with Crippen molar-refractivity contribution in [2.24, 2.45) is 0 Å². The van der Waals surface area contributed by atoms with Gasteiger partial charge in [-0.25, -0.2) is 4.39 Å². The average Bonchev–Trinajstić information content (AvgIpc) is 2.05. The Hall–Kier alpha value is -1.38. The van der Waals surface area contributed by atoms with Crippen molar-refractivity contribution in [2.75, 3.05) is 0 Å². The molecule has 3 heteroatoms. The SMILES string of the molecule is CC(C)(NC=O)c1ccc(F)cc1. The van der Waals surface area contributed by atoms with E-state index in [0.717, 1.165) is 5.56 Å². The minimum atomic E-state index is -0.449. The van der Waals surface area contributed by atoms with Gasteiger partial charge in [0.25, 0.3) is 0 Å². The average molecular weight is 181 g/mol. The van der Waals surface area contributed by atoms with Crippen LogP contribution in [0.3, 0.4) is 0 Å². The maximum absolute atomic E-state index is 12.6. The van der Waals surface area contributed by atoms with Gasteiger partial charge < -0.3 is 5.32 Å². The Balaban J connectivity index is 2.93.